The van der Waals surface area contributed by atoms with Crippen LogP contribution < -0.4 is 0 Å². The normalized spacial score (nSPS) is 39.2. The first-order valence-corrected chi connectivity index (χ1v) is 5.94. The molecule has 0 bridgehead atoms. The highest BCUT2D eigenvalue weighted by molar-refractivity contribution is 4.99. The summed E-state index contributed by atoms with van der Waals surface area (Å²) < 4.78 is 0. The van der Waals surface area contributed by atoms with Gasteiger partial charge in [0.1, 0.15) is 0 Å². The molecule has 2 atom stereocenters. The van der Waals surface area contributed by atoms with E-state index in [1.54, 1.807) is 0 Å². The average molecular weight is 183 g/mol. The van der Waals surface area contributed by atoms with Crippen LogP contribution in [0.1, 0.15) is 52.9 Å². The van der Waals surface area contributed by atoms with Gasteiger partial charge < -0.3 is 4.90 Å². The van der Waals surface area contributed by atoms with E-state index in [1.807, 2.05) is 13.8 Å². The molecule has 1 saturated carbocycles. The quantitative estimate of drug-likeness (QED) is 0.557. The summed E-state index contributed by atoms with van der Waals surface area (Å²) in [5, 5.41) is 0. The monoisotopic (exact) mass is 183 g/mol. The zero-order valence-corrected chi connectivity index (χ0v) is 9.77. The zero-order chi connectivity index (χ0) is 9.90. The van der Waals surface area contributed by atoms with Crippen molar-refractivity contribution in [1.82, 2.24) is 4.90 Å². The Kier molecular flexibility index (Phi) is 3.78. The topological polar surface area (TPSA) is 3.24 Å². The fourth-order valence-corrected chi connectivity index (χ4v) is 3.01. The molecule has 0 radical (unpaired) electrons. The molecule has 0 aromatic carbocycles. The van der Waals surface area contributed by atoms with Crippen LogP contribution in [0, 0.1) is 5.92 Å². The Hall–Kier alpha value is -0.0400. The first kappa shape index (κ1) is 11.0. The molecule has 1 heteroatoms. The fourth-order valence-electron chi connectivity index (χ4n) is 3.01. The van der Waals surface area contributed by atoms with E-state index in [4.69, 9.17) is 0 Å². The standard InChI is InChI=1S/C10H19N.C2H6/c1-9-4-6-10(8-9)5-3-7-11(10)2;1-2/h9H,3-8H2,1-2H3;1-2H3/t9-,10-;/m1./s1. The highest BCUT2D eigenvalue weighted by atomic mass is 15.2. The molecule has 1 saturated heterocycles. The summed E-state index contributed by atoms with van der Waals surface area (Å²) >= 11 is 0. The smallest absolute Gasteiger partial charge is 0.0209 e. The van der Waals surface area contributed by atoms with Crippen molar-refractivity contribution >= 4 is 0 Å². The zero-order valence-electron chi connectivity index (χ0n) is 9.77. The predicted octanol–water partition coefficient (Wildman–Crippen LogP) is 3.30. The minimum absolute atomic E-state index is 0.652. The molecule has 0 amide bonds. The van der Waals surface area contributed by atoms with Crippen molar-refractivity contribution in [3.63, 3.8) is 0 Å². The number of hydrogen-bond acceptors (Lipinski definition) is 1. The van der Waals surface area contributed by atoms with Gasteiger partial charge in [0.15, 0.2) is 0 Å². The molecule has 1 aliphatic heterocycles. The molecule has 0 aromatic rings. The Morgan fingerprint density at radius 1 is 1.23 bits per heavy atom. The summed E-state index contributed by atoms with van der Waals surface area (Å²) in [4.78, 5) is 2.61. The van der Waals surface area contributed by atoms with Crippen molar-refractivity contribution in [1.29, 1.82) is 0 Å². The largest absolute Gasteiger partial charge is 0.301 e. The van der Waals surface area contributed by atoms with E-state index in [2.05, 4.69) is 18.9 Å². The van der Waals surface area contributed by atoms with E-state index in [0.717, 1.165) is 5.92 Å². The van der Waals surface area contributed by atoms with Crippen LogP contribution in [0.5, 0.6) is 0 Å². The minimum atomic E-state index is 0.652. The SMILES string of the molecule is CC.C[C@@H]1CC[C@]2(CCCN2C)C1. The second-order valence-electron chi connectivity index (χ2n) is 4.60. The number of likely N-dealkylation sites (tertiary alicyclic amines) is 1. The molecule has 1 spiro atoms. The lowest BCUT2D eigenvalue weighted by molar-refractivity contribution is 0.175. The van der Waals surface area contributed by atoms with Crippen molar-refractivity contribution in [2.45, 2.75) is 58.4 Å². The summed E-state index contributed by atoms with van der Waals surface area (Å²) in [7, 11) is 2.31. The number of hydrogen-bond donors (Lipinski definition) is 0. The highest BCUT2D eigenvalue weighted by Gasteiger charge is 2.43. The average Bonchev–Trinajstić information content (AvgIpc) is 2.67. The molecule has 1 nitrogen and oxygen atoms in total. The molecule has 0 unspecified atom stereocenters. The second-order valence-corrected chi connectivity index (χ2v) is 4.60. The van der Waals surface area contributed by atoms with Gasteiger partial charge in [0.2, 0.25) is 0 Å². The van der Waals surface area contributed by atoms with Gasteiger partial charge in [0.25, 0.3) is 0 Å². The van der Waals surface area contributed by atoms with Crippen LogP contribution in [0.25, 0.3) is 0 Å². The van der Waals surface area contributed by atoms with E-state index in [-0.39, 0.29) is 0 Å². The molecule has 0 N–H and O–H groups in total. The van der Waals surface area contributed by atoms with E-state index in [1.165, 1.54) is 38.6 Å². The van der Waals surface area contributed by atoms with Crippen LogP contribution in [0.2, 0.25) is 0 Å². The molecule has 1 heterocycles. The maximum atomic E-state index is 2.61. The Morgan fingerprint density at radius 2 is 1.92 bits per heavy atom. The van der Waals surface area contributed by atoms with Gasteiger partial charge in [0, 0.05) is 5.54 Å². The van der Waals surface area contributed by atoms with Gasteiger partial charge in [-0.25, -0.2) is 0 Å². The van der Waals surface area contributed by atoms with Crippen LogP contribution in [0.3, 0.4) is 0 Å². The lowest BCUT2D eigenvalue weighted by Crippen LogP contribution is -2.38. The van der Waals surface area contributed by atoms with Gasteiger partial charge in [-0.05, 0) is 51.6 Å². The lowest BCUT2D eigenvalue weighted by atomic mass is 9.93. The van der Waals surface area contributed by atoms with Gasteiger partial charge in [-0.1, -0.05) is 20.8 Å². The number of nitrogens with zero attached hydrogens (tertiary/aromatic N) is 1. The molecule has 0 aromatic heterocycles. The van der Waals surface area contributed by atoms with Crippen LogP contribution in [0.15, 0.2) is 0 Å². The van der Waals surface area contributed by atoms with Crippen molar-refractivity contribution < 1.29 is 0 Å². The summed E-state index contributed by atoms with van der Waals surface area (Å²) in [6.45, 7) is 7.74. The van der Waals surface area contributed by atoms with Crippen molar-refractivity contribution in [3.05, 3.63) is 0 Å². The van der Waals surface area contributed by atoms with Crippen LogP contribution in [0.4, 0.5) is 0 Å². The summed E-state index contributed by atoms with van der Waals surface area (Å²) in [5.41, 5.74) is 0.652. The van der Waals surface area contributed by atoms with E-state index < -0.39 is 0 Å². The fraction of sp³-hybridized carbons (Fsp3) is 1.00. The molecular weight excluding hydrogens is 158 g/mol. The molecule has 78 valence electrons. The Labute approximate surface area is 83.5 Å². The maximum Gasteiger partial charge on any atom is 0.0209 e. The Morgan fingerprint density at radius 3 is 2.31 bits per heavy atom. The van der Waals surface area contributed by atoms with Crippen LogP contribution in [-0.2, 0) is 0 Å². The third-order valence-corrected chi connectivity index (χ3v) is 3.78. The van der Waals surface area contributed by atoms with Gasteiger partial charge in [0.05, 0.1) is 0 Å². The molecule has 1 aliphatic carbocycles. The van der Waals surface area contributed by atoms with E-state index in [0.29, 0.717) is 5.54 Å². The summed E-state index contributed by atoms with van der Waals surface area (Å²) in [5.74, 6) is 0.982. The first-order valence-electron chi connectivity index (χ1n) is 5.94. The number of rotatable bonds is 0. The molecular formula is C12H25N. The van der Waals surface area contributed by atoms with Crippen molar-refractivity contribution in [3.8, 4) is 0 Å². The predicted molar refractivity (Wildman–Crippen MR) is 59.0 cm³/mol. The van der Waals surface area contributed by atoms with E-state index in [9.17, 15) is 0 Å². The van der Waals surface area contributed by atoms with Crippen LogP contribution in [-0.4, -0.2) is 24.0 Å². The Bertz CT molecular complexity index is 155. The second kappa shape index (κ2) is 4.45. The molecule has 2 aliphatic rings. The summed E-state index contributed by atoms with van der Waals surface area (Å²) in [6.07, 6.45) is 7.29. The highest BCUT2D eigenvalue weighted by Crippen LogP contribution is 2.44. The van der Waals surface area contributed by atoms with E-state index >= 15 is 0 Å². The van der Waals surface area contributed by atoms with Gasteiger partial charge in [-0.15, -0.1) is 0 Å². The van der Waals surface area contributed by atoms with Crippen LogP contribution >= 0.6 is 0 Å². The van der Waals surface area contributed by atoms with Crippen molar-refractivity contribution in [2.75, 3.05) is 13.6 Å². The minimum Gasteiger partial charge on any atom is -0.301 e. The maximum absolute atomic E-state index is 2.61. The molecule has 13 heavy (non-hydrogen) atoms. The Balaban J connectivity index is 0.000000396. The van der Waals surface area contributed by atoms with Crippen molar-refractivity contribution in [2.24, 2.45) is 5.92 Å². The summed E-state index contributed by atoms with van der Waals surface area (Å²) in [6, 6.07) is 0. The first-order chi connectivity index (χ1) is 6.23. The van der Waals surface area contributed by atoms with Gasteiger partial charge in [-0.3, -0.25) is 0 Å². The molecule has 2 rings (SSSR count). The lowest BCUT2D eigenvalue weighted by Gasteiger charge is -2.32. The third-order valence-electron chi connectivity index (χ3n) is 3.78. The van der Waals surface area contributed by atoms with Gasteiger partial charge in [-0.2, -0.15) is 0 Å². The third kappa shape index (κ3) is 2.07. The van der Waals surface area contributed by atoms with Gasteiger partial charge >= 0.3 is 0 Å². The molecule has 2 fully saturated rings.